The fourth-order valence-corrected chi connectivity index (χ4v) is 5.48. The number of fused-ring (bicyclic) bond motifs is 7. The van der Waals surface area contributed by atoms with Crippen molar-refractivity contribution in [2.24, 2.45) is 5.92 Å². The number of para-hydroxylation sites is 1. The smallest absolute Gasteiger partial charge is 0.255 e. The summed E-state index contributed by atoms with van der Waals surface area (Å²) in [5.41, 5.74) is 4.48. The number of rotatable bonds is 8. The number of amides is 3. The average Bonchev–Trinajstić information content (AvgIpc) is 3.42. The third-order valence-electron chi connectivity index (χ3n) is 7.55. The monoisotopic (exact) mass is 488 g/mol. The number of aromatic amines is 1. The first-order chi connectivity index (χ1) is 17.5. The number of nitrogens with zero attached hydrogens (tertiary/aromatic N) is 1. The van der Waals surface area contributed by atoms with E-state index < -0.39 is 12.1 Å². The highest BCUT2D eigenvalue weighted by molar-refractivity contribution is 6.04. The standard InChI is InChI=1S/C28H32N4O4/c1-4-16(2)23(27(34)29-13-14-36-3)31-26(33)22-15-20-17-9-7-8-12-21(17)30-24(20)25-18-10-5-6-11-19(18)28(35)32(22)25/h5-12,16,22-23,25,30H,4,13-15H2,1-3H3,(H,29,34)(H,31,33)/t16?,22-,23-,25?/m0/s1. The molecule has 5 rings (SSSR count). The summed E-state index contributed by atoms with van der Waals surface area (Å²) in [5.74, 6) is -0.800. The molecular weight excluding hydrogens is 456 g/mol. The molecule has 36 heavy (non-hydrogen) atoms. The van der Waals surface area contributed by atoms with Crippen molar-refractivity contribution in [3.8, 4) is 0 Å². The maximum atomic E-state index is 13.9. The minimum atomic E-state index is -0.736. The number of H-pyrrole nitrogens is 1. The van der Waals surface area contributed by atoms with Crippen molar-refractivity contribution in [2.45, 2.75) is 44.8 Å². The highest BCUT2D eigenvalue weighted by Crippen LogP contribution is 2.46. The van der Waals surface area contributed by atoms with Crippen molar-refractivity contribution in [3.63, 3.8) is 0 Å². The largest absolute Gasteiger partial charge is 0.383 e. The molecule has 4 atom stereocenters. The van der Waals surface area contributed by atoms with Gasteiger partial charge in [0.2, 0.25) is 11.8 Å². The Kier molecular flexibility index (Phi) is 6.53. The van der Waals surface area contributed by atoms with E-state index in [0.29, 0.717) is 25.1 Å². The second-order valence-corrected chi connectivity index (χ2v) is 9.64. The van der Waals surface area contributed by atoms with Crippen LogP contribution in [0.4, 0.5) is 0 Å². The first kappa shape index (κ1) is 24.1. The van der Waals surface area contributed by atoms with Crippen LogP contribution in [0.2, 0.25) is 0 Å². The Labute approximate surface area is 210 Å². The molecule has 8 heteroatoms. The number of aromatic nitrogens is 1. The van der Waals surface area contributed by atoms with Gasteiger partial charge in [0.25, 0.3) is 5.91 Å². The van der Waals surface area contributed by atoms with Gasteiger partial charge < -0.3 is 25.3 Å². The van der Waals surface area contributed by atoms with Crippen molar-refractivity contribution in [1.82, 2.24) is 20.5 Å². The molecule has 2 unspecified atom stereocenters. The molecule has 0 fully saturated rings. The van der Waals surface area contributed by atoms with E-state index in [2.05, 4.69) is 15.6 Å². The van der Waals surface area contributed by atoms with E-state index in [1.54, 1.807) is 12.0 Å². The SMILES string of the molecule is CCC(C)[C@H](NC(=O)[C@@H]1Cc2c([nH]c3ccccc23)C2c3ccccc3C(=O)N21)C(=O)NCCOC. The molecule has 3 amide bonds. The Morgan fingerprint density at radius 1 is 1.17 bits per heavy atom. The summed E-state index contributed by atoms with van der Waals surface area (Å²) in [5, 5.41) is 6.90. The second kappa shape index (κ2) is 9.78. The molecule has 0 aliphatic carbocycles. The highest BCUT2D eigenvalue weighted by atomic mass is 16.5. The summed E-state index contributed by atoms with van der Waals surface area (Å²) in [7, 11) is 1.57. The molecule has 2 aromatic carbocycles. The molecule has 0 saturated carbocycles. The molecule has 1 aromatic heterocycles. The van der Waals surface area contributed by atoms with Crippen LogP contribution in [0, 0.1) is 5.92 Å². The van der Waals surface area contributed by atoms with Crippen LogP contribution in [-0.4, -0.2) is 60.0 Å². The Hall–Kier alpha value is -3.65. The average molecular weight is 489 g/mol. The van der Waals surface area contributed by atoms with Crippen molar-refractivity contribution < 1.29 is 19.1 Å². The predicted molar refractivity (Wildman–Crippen MR) is 137 cm³/mol. The molecule has 0 spiro atoms. The molecule has 8 nitrogen and oxygen atoms in total. The summed E-state index contributed by atoms with van der Waals surface area (Å²) in [6.45, 7) is 4.68. The number of carbonyl (C=O) groups excluding carboxylic acids is 3. The van der Waals surface area contributed by atoms with Crippen molar-refractivity contribution in [3.05, 3.63) is 70.9 Å². The van der Waals surface area contributed by atoms with Gasteiger partial charge in [0.1, 0.15) is 12.1 Å². The molecule has 3 heterocycles. The first-order valence-electron chi connectivity index (χ1n) is 12.5. The van der Waals surface area contributed by atoms with E-state index in [4.69, 9.17) is 4.74 Å². The number of methoxy groups -OCH3 is 1. The predicted octanol–water partition coefficient (Wildman–Crippen LogP) is 2.93. The summed E-state index contributed by atoms with van der Waals surface area (Å²) in [6, 6.07) is 13.7. The number of nitrogens with one attached hydrogen (secondary N) is 3. The summed E-state index contributed by atoms with van der Waals surface area (Å²) in [4.78, 5) is 45.6. The molecule has 2 aliphatic rings. The number of benzene rings is 2. The van der Waals surface area contributed by atoms with Gasteiger partial charge in [-0.2, -0.15) is 0 Å². The fourth-order valence-electron chi connectivity index (χ4n) is 5.48. The fraction of sp³-hybridized carbons (Fsp3) is 0.393. The molecule has 0 radical (unpaired) electrons. The zero-order valence-electron chi connectivity index (χ0n) is 20.8. The lowest BCUT2D eigenvalue weighted by Gasteiger charge is -2.38. The maximum absolute atomic E-state index is 13.9. The first-order valence-corrected chi connectivity index (χ1v) is 12.5. The zero-order chi connectivity index (χ0) is 25.4. The summed E-state index contributed by atoms with van der Waals surface area (Å²) >= 11 is 0. The molecule has 0 saturated heterocycles. The van der Waals surface area contributed by atoms with Gasteiger partial charge in [0.05, 0.1) is 12.6 Å². The van der Waals surface area contributed by atoms with Crippen LogP contribution >= 0.6 is 0 Å². The van der Waals surface area contributed by atoms with E-state index >= 15 is 0 Å². The molecule has 3 aromatic rings. The maximum Gasteiger partial charge on any atom is 0.255 e. The minimum absolute atomic E-state index is 0.0778. The van der Waals surface area contributed by atoms with Gasteiger partial charge in [0.15, 0.2) is 0 Å². The van der Waals surface area contributed by atoms with Gasteiger partial charge in [0, 0.05) is 42.2 Å². The molecule has 0 bridgehead atoms. The van der Waals surface area contributed by atoms with Crippen LogP contribution in [0.15, 0.2) is 48.5 Å². The molecule has 3 N–H and O–H groups in total. The quantitative estimate of drug-likeness (QED) is 0.424. The highest BCUT2D eigenvalue weighted by Gasteiger charge is 2.49. The number of hydrogen-bond donors (Lipinski definition) is 3. The zero-order valence-corrected chi connectivity index (χ0v) is 20.8. The third kappa shape index (κ3) is 3.95. The Balaban J connectivity index is 1.52. The van der Waals surface area contributed by atoms with Gasteiger partial charge in [-0.15, -0.1) is 0 Å². The van der Waals surface area contributed by atoms with E-state index in [1.165, 1.54) is 0 Å². The van der Waals surface area contributed by atoms with Crippen molar-refractivity contribution >= 4 is 28.6 Å². The lowest BCUT2D eigenvalue weighted by Crippen LogP contribution is -2.58. The van der Waals surface area contributed by atoms with Crippen LogP contribution in [0.25, 0.3) is 10.9 Å². The van der Waals surface area contributed by atoms with Gasteiger partial charge in [-0.1, -0.05) is 56.7 Å². The lowest BCUT2D eigenvalue weighted by molar-refractivity contribution is -0.133. The lowest BCUT2D eigenvalue weighted by atomic mass is 9.89. The topological polar surface area (TPSA) is 104 Å². The van der Waals surface area contributed by atoms with Crippen molar-refractivity contribution in [1.29, 1.82) is 0 Å². The Morgan fingerprint density at radius 2 is 1.92 bits per heavy atom. The second-order valence-electron chi connectivity index (χ2n) is 9.64. The van der Waals surface area contributed by atoms with Crippen LogP contribution in [0.1, 0.15) is 53.5 Å². The van der Waals surface area contributed by atoms with Gasteiger partial charge >= 0.3 is 0 Å². The van der Waals surface area contributed by atoms with Crippen LogP contribution in [0.3, 0.4) is 0 Å². The van der Waals surface area contributed by atoms with E-state index in [1.807, 2.05) is 62.4 Å². The number of carbonyl (C=O) groups is 3. The van der Waals surface area contributed by atoms with Crippen LogP contribution in [0.5, 0.6) is 0 Å². The van der Waals surface area contributed by atoms with E-state index in [0.717, 1.165) is 34.1 Å². The van der Waals surface area contributed by atoms with Gasteiger partial charge in [-0.25, -0.2) is 0 Å². The van der Waals surface area contributed by atoms with Gasteiger partial charge in [-0.05, 0) is 29.2 Å². The minimum Gasteiger partial charge on any atom is -0.383 e. The summed E-state index contributed by atoms with van der Waals surface area (Å²) < 4.78 is 5.04. The third-order valence-corrected chi connectivity index (χ3v) is 7.55. The number of ether oxygens (including phenoxy) is 1. The van der Waals surface area contributed by atoms with Crippen molar-refractivity contribution in [2.75, 3.05) is 20.3 Å². The molecule has 2 aliphatic heterocycles. The Morgan fingerprint density at radius 3 is 2.69 bits per heavy atom. The molecular formula is C28H32N4O4. The van der Waals surface area contributed by atoms with E-state index in [-0.39, 0.29) is 29.7 Å². The Bertz CT molecular complexity index is 1320. The number of hydrogen-bond acceptors (Lipinski definition) is 4. The van der Waals surface area contributed by atoms with Crippen LogP contribution < -0.4 is 10.6 Å². The summed E-state index contributed by atoms with van der Waals surface area (Å²) in [6.07, 6.45) is 1.09. The van der Waals surface area contributed by atoms with Gasteiger partial charge in [-0.3, -0.25) is 14.4 Å². The normalized spacial score (nSPS) is 19.9. The van der Waals surface area contributed by atoms with Crippen LogP contribution in [-0.2, 0) is 20.7 Å². The van der Waals surface area contributed by atoms with E-state index in [9.17, 15) is 14.4 Å². The molecule has 188 valence electrons.